The molecule has 1 rings (SSSR count). The molecule has 19 heavy (non-hydrogen) atoms. The van der Waals surface area contributed by atoms with Gasteiger partial charge in [0, 0.05) is 19.3 Å². The number of Topliss-reactive ketones (excluding diaryl/α,β-unsaturated/α-hetero) is 1. The van der Waals surface area contributed by atoms with Gasteiger partial charge in [0.1, 0.15) is 5.78 Å². The highest BCUT2D eigenvalue weighted by molar-refractivity contribution is 5.87. The van der Waals surface area contributed by atoms with Gasteiger partial charge in [0.05, 0.1) is 17.6 Å². The average Bonchev–Trinajstić information content (AvgIpc) is 2.26. The Morgan fingerprint density at radius 1 is 1.16 bits per heavy atom. The van der Waals surface area contributed by atoms with Crippen molar-refractivity contribution in [1.82, 2.24) is 0 Å². The number of carboxylic acids is 2. The molecule has 0 spiro atoms. The molecule has 0 aromatic rings. The number of hydrogen-bond acceptors (Lipinski definition) is 4. The Bertz CT molecular complexity index is 367. The van der Waals surface area contributed by atoms with Crippen molar-refractivity contribution in [1.29, 1.82) is 0 Å². The first-order valence-electron chi connectivity index (χ1n) is 6.28. The first-order valence-corrected chi connectivity index (χ1v) is 6.28. The van der Waals surface area contributed by atoms with Crippen molar-refractivity contribution in [2.24, 2.45) is 5.41 Å². The fraction of sp³-hybridized carbons (Fsp3) is 0.769. The topological polar surface area (TPSA) is 101 Å². The third-order valence-electron chi connectivity index (χ3n) is 3.55. The van der Waals surface area contributed by atoms with Crippen molar-refractivity contribution in [3.05, 3.63) is 0 Å². The first kappa shape index (κ1) is 15.6. The Morgan fingerprint density at radius 3 is 2.00 bits per heavy atom. The highest BCUT2D eigenvalue weighted by Gasteiger charge is 2.46. The molecule has 0 amide bonds. The summed E-state index contributed by atoms with van der Waals surface area (Å²) in [5.74, 6) is -2.08. The van der Waals surface area contributed by atoms with Crippen LogP contribution < -0.4 is 0 Å². The van der Waals surface area contributed by atoms with E-state index in [0.29, 0.717) is 0 Å². The Labute approximate surface area is 111 Å². The van der Waals surface area contributed by atoms with Gasteiger partial charge in [-0.2, -0.15) is 0 Å². The van der Waals surface area contributed by atoms with E-state index in [1.54, 1.807) is 13.8 Å². The molecule has 6 heteroatoms. The second-order valence-electron chi connectivity index (χ2n) is 5.72. The van der Waals surface area contributed by atoms with E-state index >= 15 is 0 Å². The molecule has 0 bridgehead atoms. The third-order valence-corrected chi connectivity index (χ3v) is 3.55. The standard InChI is InChI=1S/C13H20O6/c1-12(2)7-9(14)13(8-19-12,5-3-10(15)16)6-4-11(17)18/h3-8H2,1-2H3,(H,15,16)(H,17,18). The van der Waals surface area contributed by atoms with Crippen LogP contribution in [0.1, 0.15) is 46.0 Å². The lowest BCUT2D eigenvalue weighted by molar-refractivity contribution is -0.162. The number of rotatable bonds is 6. The Kier molecular flexibility index (Phi) is 4.68. The van der Waals surface area contributed by atoms with Crippen molar-refractivity contribution in [3.63, 3.8) is 0 Å². The molecule has 0 atom stereocenters. The highest BCUT2D eigenvalue weighted by Crippen LogP contribution is 2.40. The summed E-state index contributed by atoms with van der Waals surface area (Å²) in [6.45, 7) is 3.69. The van der Waals surface area contributed by atoms with Crippen LogP contribution in [0.15, 0.2) is 0 Å². The minimum Gasteiger partial charge on any atom is -0.481 e. The van der Waals surface area contributed by atoms with Crippen LogP contribution in [0.3, 0.4) is 0 Å². The summed E-state index contributed by atoms with van der Waals surface area (Å²) >= 11 is 0. The lowest BCUT2D eigenvalue weighted by atomic mass is 9.71. The van der Waals surface area contributed by atoms with Gasteiger partial charge < -0.3 is 14.9 Å². The summed E-state index contributed by atoms with van der Waals surface area (Å²) in [5, 5.41) is 17.5. The molecule has 6 nitrogen and oxygen atoms in total. The van der Waals surface area contributed by atoms with E-state index in [-0.39, 0.29) is 44.5 Å². The molecule has 1 saturated heterocycles. The largest absolute Gasteiger partial charge is 0.481 e. The molecular weight excluding hydrogens is 252 g/mol. The van der Waals surface area contributed by atoms with Gasteiger partial charge in [0.2, 0.25) is 0 Å². The van der Waals surface area contributed by atoms with Crippen molar-refractivity contribution in [3.8, 4) is 0 Å². The number of carbonyl (C=O) groups excluding carboxylic acids is 1. The number of aliphatic carboxylic acids is 2. The molecule has 1 aliphatic rings. The van der Waals surface area contributed by atoms with Crippen LogP contribution in [0.25, 0.3) is 0 Å². The van der Waals surface area contributed by atoms with Crippen molar-refractivity contribution < 1.29 is 29.3 Å². The van der Waals surface area contributed by atoms with Crippen molar-refractivity contribution in [2.45, 2.75) is 51.6 Å². The van der Waals surface area contributed by atoms with Gasteiger partial charge in [0.25, 0.3) is 0 Å². The van der Waals surface area contributed by atoms with E-state index < -0.39 is 23.0 Å². The lowest BCUT2D eigenvalue weighted by Gasteiger charge is -2.42. The van der Waals surface area contributed by atoms with Gasteiger partial charge in [-0.05, 0) is 26.7 Å². The van der Waals surface area contributed by atoms with E-state index in [0.717, 1.165) is 0 Å². The van der Waals surface area contributed by atoms with Crippen LogP contribution in [-0.2, 0) is 19.1 Å². The van der Waals surface area contributed by atoms with Crippen LogP contribution in [0.5, 0.6) is 0 Å². The summed E-state index contributed by atoms with van der Waals surface area (Å²) in [5.41, 5.74) is -1.53. The molecule has 1 heterocycles. The molecule has 0 saturated carbocycles. The molecule has 1 fully saturated rings. The predicted molar refractivity (Wildman–Crippen MR) is 65.8 cm³/mol. The van der Waals surface area contributed by atoms with Crippen LogP contribution in [-0.4, -0.2) is 40.1 Å². The molecule has 1 aliphatic heterocycles. The summed E-state index contributed by atoms with van der Waals surface area (Å²) in [6.07, 6.45) is 0.131. The molecule has 108 valence electrons. The Hall–Kier alpha value is -1.43. The van der Waals surface area contributed by atoms with Gasteiger partial charge in [-0.15, -0.1) is 0 Å². The van der Waals surface area contributed by atoms with E-state index in [2.05, 4.69) is 0 Å². The smallest absolute Gasteiger partial charge is 0.303 e. The molecule has 0 aromatic heterocycles. The maximum absolute atomic E-state index is 12.3. The highest BCUT2D eigenvalue weighted by atomic mass is 16.5. The van der Waals surface area contributed by atoms with E-state index in [4.69, 9.17) is 14.9 Å². The monoisotopic (exact) mass is 272 g/mol. The van der Waals surface area contributed by atoms with Gasteiger partial charge in [-0.25, -0.2) is 0 Å². The van der Waals surface area contributed by atoms with Gasteiger partial charge >= 0.3 is 11.9 Å². The summed E-state index contributed by atoms with van der Waals surface area (Å²) in [6, 6.07) is 0. The molecule has 0 aliphatic carbocycles. The summed E-state index contributed by atoms with van der Waals surface area (Å²) in [7, 11) is 0. The van der Waals surface area contributed by atoms with E-state index in [1.165, 1.54) is 0 Å². The van der Waals surface area contributed by atoms with Crippen LogP contribution in [0.2, 0.25) is 0 Å². The predicted octanol–water partition coefficient (Wildman–Crippen LogP) is 1.47. The zero-order chi connectivity index (χ0) is 14.7. The lowest BCUT2D eigenvalue weighted by Crippen LogP contribution is -2.48. The van der Waals surface area contributed by atoms with Crippen LogP contribution in [0.4, 0.5) is 0 Å². The van der Waals surface area contributed by atoms with Gasteiger partial charge in [-0.3, -0.25) is 14.4 Å². The number of ether oxygens (including phenoxy) is 1. The summed E-state index contributed by atoms with van der Waals surface area (Å²) < 4.78 is 5.61. The number of carbonyl (C=O) groups is 3. The van der Waals surface area contributed by atoms with E-state index in [1.807, 2.05) is 0 Å². The second kappa shape index (κ2) is 5.69. The fourth-order valence-electron chi connectivity index (χ4n) is 2.28. The second-order valence-corrected chi connectivity index (χ2v) is 5.72. The third kappa shape index (κ3) is 4.31. The first-order chi connectivity index (χ1) is 8.67. The Balaban J connectivity index is 2.82. The van der Waals surface area contributed by atoms with Crippen LogP contribution in [0, 0.1) is 5.41 Å². The zero-order valence-corrected chi connectivity index (χ0v) is 11.3. The zero-order valence-electron chi connectivity index (χ0n) is 11.3. The average molecular weight is 272 g/mol. The molecule has 0 aromatic carbocycles. The molecule has 0 unspecified atom stereocenters. The normalized spacial score (nSPS) is 21.1. The van der Waals surface area contributed by atoms with Gasteiger partial charge in [-0.1, -0.05) is 0 Å². The van der Waals surface area contributed by atoms with Crippen molar-refractivity contribution in [2.75, 3.05) is 6.61 Å². The Morgan fingerprint density at radius 2 is 1.63 bits per heavy atom. The number of hydrogen-bond donors (Lipinski definition) is 2. The van der Waals surface area contributed by atoms with Gasteiger partial charge in [0.15, 0.2) is 0 Å². The molecule has 2 N–H and O–H groups in total. The number of ketones is 1. The van der Waals surface area contributed by atoms with Crippen LogP contribution >= 0.6 is 0 Å². The minimum atomic E-state index is -0.993. The minimum absolute atomic E-state index is 0.0914. The quantitative estimate of drug-likeness (QED) is 0.759. The van der Waals surface area contributed by atoms with Crippen molar-refractivity contribution >= 4 is 17.7 Å². The van der Waals surface area contributed by atoms with E-state index in [9.17, 15) is 14.4 Å². The molecule has 0 radical (unpaired) electrons. The SMILES string of the molecule is CC1(C)CC(=O)C(CCC(=O)O)(CCC(=O)O)CO1. The fourth-order valence-corrected chi connectivity index (χ4v) is 2.28. The maximum atomic E-state index is 12.3. The maximum Gasteiger partial charge on any atom is 0.303 e. The number of carboxylic acid groups (broad SMARTS) is 2. The summed E-state index contributed by atoms with van der Waals surface area (Å²) in [4.78, 5) is 33.7. The molecular formula is C13H20O6.